The van der Waals surface area contributed by atoms with E-state index in [2.05, 4.69) is 41.2 Å². The molecule has 0 saturated carbocycles. The molecule has 2 rings (SSSR count). The van der Waals surface area contributed by atoms with Gasteiger partial charge in [-0.05, 0) is 17.4 Å². The minimum atomic E-state index is -0.437. The molecule has 0 aromatic carbocycles. The SMILES string of the molecule is CC(C)COC[C@@H](O)CN(CCN1CCOCC1)Cc1cccs1. The number of thiophene rings is 1. The van der Waals surface area contributed by atoms with Gasteiger partial charge in [0.25, 0.3) is 0 Å². The first-order valence-electron chi connectivity index (χ1n) is 8.94. The van der Waals surface area contributed by atoms with E-state index in [0.717, 1.165) is 45.9 Å². The standard InChI is InChI=1S/C18H32N2O3S/c1-16(2)14-23-15-17(21)12-20(13-18-4-3-11-24-18)6-5-19-7-9-22-10-8-19/h3-4,11,16-17,21H,5-10,12-15H2,1-2H3/t17-/m0/s1. The smallest absolute Gasteiger partial charge is 0.0900 e. The molecule has 1 aromatic heterocycles. The number of aliphatic hydroxyl groups excluding tert-OH is 1. The maximum Gasteiger partial charge on any atom is 0.0900 e. The van der Waals surface area contributed by atoms with Crippen molar-refractivity contribution in [2.24, 2.45) is 5.92 Å². The lowest BCUT2D eigenvalue weighted by molar-refractivity contribution is 0.00112. The molecular formula is C18H32N2O3S. The van der Waals surface area contributed by atoms with E-state index in [1.165, 1.54) is 4.88 Å². The Balaban J connectivity index is 1.77. The molecule has 24 heavy (non-hydrogen) atoms. The van der Waals surface area contributed by atoms with Gasteiger partial charge in [-0.3, -0.25) is 9.80 Å². The first-order valence-corrected chi connectivity index (χ1v) is 9.82. The molecular weight excluding hydrogens is 324 g/mol. The zero-order valence-corrected chi connectivity index (χ0v) is 15.8. The summed E-state index contributed by atoms with van der Waals surface area (Å²) in [5.41, 5.74) is 0. The van der Waals surface area contributed by atoms with Crippen molar-refractivity contribution < 1.29 is 14.6 Å². The fourth-order valence-corrected chi connectivity index (χ4v) is 3.50. The van der Waals surface area contributed by atoms with Gasteiger partial charge in [-0.2, -0.15) is 0 Å². The maximum absolute atomic E-state index is 10.3. The van der Waals surface area contributed by atoms with Crippen LogP contribution in [-0.2, 0) is 16.0 Å². The van der Waals surface area contributed by atoms with Crippen molar-refractivity contribution in [2.45, 2.75) is 26.5 Å². The summed E-state index contributed by atoms with van der Waals surface area (Å²) >= 11 is 1.77. The Morgan fingerprint density at radius 1 is 1.33 bits per heavy atom. The number of nitrogens with zero attached hydrogens (tertiary/aromatic N) is 2. The van der Waals surface area contributed by atoms with Crippen LogP contribution in [0.25, 0.3) is 0 Å². The first kappa shape index (κ1) is 19.8. The van der Waals surface area contributed by atoms with Crippen LogP contribution in [0.2, 0.25) is 0 Å². The highest BCUT2D eigenvalue weighted by atomic mass is 32.1. The summed E-state index contributed by atoms with van der Waals surface area (Å²) < 4.78 is 11.0. The molecule has 0 radical (unpaired) electrons. The van der Waals surface area contributed by atoms with Crippen LogP contribution in [0.4, 0.5) is 0 Å². The molecule has 2 heterocycles. The van der Waals surface area contributed by atoms with Crippen LogP contribution < -0.4 is 0 Å². The maximum atomic E-state index is 10.3. The molecule has 0 bridgehead atoms. The average Bonchev–Trinajstić information content (AvgIpc) is 3.06. The summed E-state index contributed by atoms with van der Waals surface area (Å²) in [5.74, 6) is 0.501. The van der Waals surface area contributed by atoms with E-state index in [9.17, 15) is 5.11 Å². The van der Waals surface area contributed by atoms with Gasteiger partial charge in [0.1, 0.15) is 0 Å². The van der Waals surface area contributed by atoms with E-state index < -0.39 is 6.10 Å². The Morgan fingerprint density at radius 2 is 2.12 bits per heavy atom. The highest BCUT2D eigenvalue weighted by Gasteiger charge is 2.16. The van der Waals surface area contributed by atoms with E-state index in [0.29, 0.717) is 25.7 Å². The van der Waals surface area contributed by atoms with Crippen molar-refractivity contribution in [3.8, 4) is 0 Å². The molecule has 1 aliphatic heterocycles. The number of ether oxygens (including phenoxy) is 2. The van der Waals surface area contributed by atoms with Gasteiger partial charge in [-0.1, -0.05) is 19.9 Å². The van der Waals surface area contributed by atoms with Gasteiger partial charge in [0.15, 0.2) is 0 Å². The van der Waals surface area contributed by atoms with Crippen LogP contribution in [0.3, 0.4) is 0 Å². The molecule has 1 N–H and O–H groups in total. The van der Waals surface area contributed by atoms with E-state index >= 15 is 0 Å². The predicted molar refractivity (Wildman–Crippen MR) is 98.5 cm³/mol. The Labute approximate surface area is 150 Å². The molecule has 1 aromatic rings. The summed E-state index contributed by atoms with van der Waals surface area (Å²) in [6.45, 7) is 12.6. The third-order valence-corrected chi connectivity index (χ3v) is 4.89. The highest BCUT2D eigenvalue weighted by Crippen LogP contribution is 2.12. The lowest BCUT2D eigenvalue weighted by atomic mass is 10.2. The Hall–Kier alpha value is -0.500. The fourth-order valence-electron chi connectivity index (χ4n) is 2.76. The normalized spacial score (nSPS) is 17.7. The quantitative estimate of drug-likeness (QED) is 0.656. The number of aliphatic hydroxyl groups is 1. The van der Waals surface area contributed by atoms with Gasteiger partial charge < -0.3 is 14.6 Å². The Kier molecular flexibility index (Phi) is 9.23. The minimum Gasteiger partial charge on any atom is -0.389 e. The number of morpholine rings is 1. The average molecular weight is 357 g/mol. The summed E-state index contributed by atoms with van der Waals surface area (Å²) in [5, 5.41) is 12.4. The highest BCUT2D eigenvalue weighted by molar-refractivity contribution is 7.09. The van der Waals surface area contributed by atoms with E-state index in [1.807, 2.05) is 0 Å². The number of hydrogen-bond donors (Lipinski definition) is 1. The van der Waals surface area contributed by atoms with Crippen molar-refractivity contribution in [3.05, 3.63) is 22.4 Å². The van der Waals surface area contributed by atoms with Gasteiger partial charge in [-0.15, -0.1) is 11.3 Å². The number of hydrogen-bond acceptors (Lipinski definition) is 6. The van der Waals surface area contributed by atoms with Crippen molar-refractivity contribution in [1.29, 1.82) is 0 Å². The predicted octanol–water partition coefficient (Wildman–Crippen LogP) is 1.92. The first-order chi connectivity index (χ1) is 11.6. The monoisotopic (exact) mass is 356 g/mol. The molecule has 1 fully saturated rings. The summed E-state index contributed by atoms with van der Waals surface area (Å²) in [6, 6.07) is 4.25. The van der Waals surface area contributed by atoms with E-state index in [1.54, 1.807) is 11.3 Å². The summed E-state index contributed by atoms with van der Waals surface area (Å²) in [4.78, 5) is 6.12. The lowest BCUT2D eigenvalue weighted by Gasteiger charge is -2.30. The fraction of sp³-hybridized carbons (Fsp3) is 0.778. The molecule has 0 amide bonds. The largest absolute Gasteiger partial charge is 0.389 e. The second-order valence-electron chi connectivity index (χ2n) is 6.85. The van der Waals surface area contributed by atoms with Gasteiger partial charge >= 0.3 is 0 Å². The molecule has 1 atom stereocenters. The van der Waals surface area contributed by atoms with Crippen LogP contribution in [-0.4, -0.2) is 80.2 Å². The van der Waals surface area contributed by atoms with Gasteiger partial charge in [0.2, 0.25) is 0 Å². The van der Waals surface area contributed by atoms with Crippen molar-refractivity contribution in [1.82, 2.24) is 9.80 Å². The molecule has 138 valence electrons. The topological polar surface area (TPSA) is 45.2 Å². The van der Waals surface area contributed by atoms with Gasteiger partial charge in [0.05, 0.1) is 25.9 Å². The molecule has 6 heteroatoms. The minimum absolute atomic E-state index is 0.413. The number of rotatable bonds is 11. The van der Waals surface area contributed by atoms with Crippen LogP contribution in [0.15, 0.2) is 17.5 Å². The summed E-state index contributed by atoms with van der Waals surface area (Å²) in [6.07, 6.45) is -0.437. The Morgan fingerprint density at radius 3 is 2.79 bits per heavy atom. The zero-order valence-electron chi connectivity index (χ0n) is 15.0. The zero-order chi connectivity index (χ0) is 17.2. The van der Waals surface area contributed by atoms with Crippen LogP contribution in [0, 0.1) is 5.92 Å². The van der Waals surface area contributed by atoms with Crippen LogP contribution in [0.5, 0.6) is 0 Å². The Bertz CT molecular complexity index is 422. The molecule has 5 nitrogen and oxygen atoms in total. The van der Waals surface area contributed by atoms with Crippen molar-refractivity contribution in [2.75, 3.05) is 59.2 Å². The van der Waals surface area contributed by atoms with E-state index in [-0.39, 0.29) is 0 Å². The van der Waals surface area contributed by atoms with Gasteiger partial charge in [0, 0.05) is 50.8 Å². The molecule has 1 saturated heterocycles. The van der Waals surface area contributed by atoms with Gasteiger partial charge in [-0.25, -0.2) is 0 Å². The molecule has 0 spiro atoms. The second-order valence-corrected chi connectivity index (χ2v) is 7.89. The van der Waals surface area contributed by atoms with Crippen molar-refractivity contribution in [3.63, 3.8) is 0 Å². The lowest BCUT2D eigenvalue weighted by Crippen LogP contribution is -2.43. The summed E-state index contributed by atoms with van der Waals surface area (Å²) in [7, 11) is 0. The van der Waals surface area contributed by atoms with Crippen molar-refractivity contribution >= 4 is 11.3 Å². The van der Waals surface area contributed by atoms with Crippen LogP contribution >= 0.6 is 11.3 Å². The third-order valence-electron chi connectivity index (χ3n) is 4.03. The van der Waals surface area contributed by atoms with Crippen LogP contribution in [0.1, 0.15) is 18.7 Å². The second kappa shape index (κ2) is 11.2. The third kappa shape index (κ3) is 8.05. The van der Waals surface area contributed by atoms with E-state index in [4.69, 9.17) is 9.47 Å². The molecule has 1 aliphatic rings. The molecule has 0 unspecified atom stereocenters. The molecule has 0 aliphatic carbocycles.